The Hall–Kier alpha value is -0.120. The predicted octanol–water partition coefficient (Wildman–Crippen LogP) is 2.12. The lowest BCUT2D eigenvalue weighted by molar-refractivity contribution is -0.137. The molecule has 1 spiro atoms. The van der Waals surface area contributed by atoms with Crippen molar-refractivity contribution in [2.45, 2.75) is 51.7 Å². The summed E-state index contributed by atoms with van der Waals surface area (Å²) in [4.78, 5) is 2.42. The van der Waals surface area contributed by atoms with Gasteiger partial charge in [0, 0.05) is 25.7 Å². The molecule has 2 fully saturated rings. The summed E-state index contributed by atoms with van der Waals surface area (Å²) in [7, 11) is 2.22. The van der Waals surface area contributed by atoms with Crippen LogP contribution in [0.4, 0.5) is 0 Å². The molecule has 0 aromatic heterocycles. The number of likely N-dealkylation sites (tertiary alicyclic amines) is 1. The fourth-order valence-electron chi connectivity index (χ4n) is 3.80. The highest BCUT2D eigenvalue weighted by atomic mass is 16.5. The van der Waals surface area contributed by atoms with Crippen LogP contribution in [0.1, 0.15) is 40.0 Å². The molecule has 0 amide bonds. The highest BCUT2D eigenvalue weighted by Crippen LogP contribution is 2.36. The number of nitrogens with one attached hydrogen (secondary N) is 1. The van der Waals surface area contributed by atoms with E-state index >= 15 is 0 Å². The van der Waals surface area contributed by atoms with Crippen molar-refractivity contribution in [2.75, 3.05) is 33.3 Å². The summed E-state index contributed by atoms with van der Waals surface area (Å²) < 4.78 is 6.28. The van der Waals surface area contributed by atoms with E-state index in [0.29, 0.717) is 12.0 Å². The Morgan fingerprint density at radius 3 is 2.56 bits per heavy atom. The van der Waals surface area contributed by atoms with Crippen molar-refractivity contribution >= 4 is 0 Å². The quantitative estimate of drug-likeness (QED) is 0.835. The summed E-state index contributed by atoms with van der Waals surface area (Å²) in [6.07, 6.45) is 3.66. The van der Waals surface area contributed by atoms with Crippen molar-refractivity contribution in [3.63, 3.8) is 0 Å². The number of rotatable bonds is 3. The molecule has 1 N–H and O–H groups in total. The molecule has 0 aliphatic carbocycles. The van der Waals surface area contributed by atoms with E-state index in [1.54, 1.807) is 0 Å². The van der Waals surface area contributed by atoms with Crippen molar-refractivity contribution in [2.24, 2.45) is 11.8 Å². The smallest absolute Gasteiger partial charge is 0.0862 e. The van der Waals surface area contributed by atoms with Gasteiger partial charge in [0.1, 0.15) is 0 Å². The molecule has 2 saturated heterocycles. The van der Waals surface area contributed by atoms with E-state index in [9.17, 15) is 0 Å². The van der Waals surface area contributed by atoms with Crippen LogP contribution in [0.5, 0.6) is 0 Å². The van der Waals surface area contributed by atoms with Gasteiger partial charge in [0.05, 0.1) is 12.2 Å². The monoisotopic (exact) mass is 254 g/mol. The van der Waals surface area contributed by atoms with Crippen LogP contribution in [0.2, 0.25) is 0 Å². The molecular weight excluding hydrogens is 224 g/mol. The van der Waals surface area contributed by atoms with E-state index in [2.05, 4.69) is 38.0 Å². The van der Waals surface area contributed by atoms with Crippen molar-refractivity contribution in [1.29, 1.82) is 0 Å². The molecule has 2 unspecified atom stereocenters. The standard InChI is InChI=1S/C15H30N2O/c1-12(2)11-13(3)14-15(18-10-7-16-14)5-8-17(4)9-6-15/h12-14,16H,5-11H2,1-4H3. The molecule has 2 aliphatic heterocycles. The number of hydrogen-bond donors (Lipinski definition) is 1. The van der Waals surface area contributed by atoms with Gasteiger partial charge in [-0.25, -0.2) is 0 Å². The normalized spacial score (nSPS) is 30.8. The third-order valence-electron chi connectivity index (χ3n) is 4.67. The van der Waals surface area contributed by atoms with E-state index in [4.69, 9.17) is 4.74 Å². The van der Waals surface area contributed by atoms with Gasteiger partial charge in [-0.2, -0.15) is 0 Å². The van der Waals surface area contributed by atoms with E-state index in [0.717, 1.165) is 19.1 Å². The molecule has 106 valence electrons. The molecule has 2 atom stereocenters. The van der Waals surface area contributed by atoms with E-state index in [-0.39, 0.29) is 5.60 Å². The zero-order valence-corrected chi connectivity index (χ0v) is 12.5. The van der Waals surface area contributed by atoms with Crippen LogP contribution in [0, 0.1) is 11.8 Å². The van der Waals surface area contributed by atoms with Crippen LogP contribution in [-0.4, -0.2) is 49.8 Å². The molecule has 0 aromatic carbocycles. The van der Waals surface area contributed by atoms with Crippen molar-refractivity contribution in [1.82, 2.24) is 10.2 Å². The molecule has 3 nitrogen and oxygen atoms in total. The number of nitrogens with zero attached hydrogens (tertiary/aromatic N) is 1. The second kappa shape index (κ2) is 5.89. The predicted molar refractivity (Wildman–Crippen MR) is 75.8 cm³/mol. The van der Waals surface area contributed by atoms with Gasteiger partial charge in [0.15, 0.2) is 0 Å². The Morgan fingerprint density at radius 2 is 1.94 bits per heavy atom. The fraction of sp³-hybridized carbons (Fsp3) is 1.00. The lowest BCUT2D eigenvalue weighted by Gasteiger charge is -2.51. The summed E-state index contributed by atoms with van der Waals surface area (Å²) in [6.45, 7) is 11.3. The van der Waals surface area contributed by atoms with Gasteiger partial charge in [-0.15, -0.1) is 0 Å². The van der Waals surface area contributed by atoms with Crippen LogP contribution in [0.15, 0.2) is 0 Å². The van der Waals surface area contributed by atoms with Crippen LogP contribution >= 0.6 is 0 Å². The Morgan fingerprint density at radius 1 is 1.28 bits per heavy atom. The van der Waals surface area contributed by atoms with Crippen LogP contribution in [0.25, 0.3) is 0 Å². The lowest BCUT2D eigenvalue weighted by Crippen LogP contribution is -2.64. The Bertz CT molecular complexity index is 259. The van der Waals surface area contributed by atoms with Crippen molar-refractivity contribution in [3.8, 4) is 0 Å². The van der Waals surface area contributed by atoms with E-state index < -0.39 is 0 Å². The molecule has 2 rings (SSSR count). The molecule has 0 aromatic rings. The third-order valence-corrected chi connectivity index (χ3v) is 4.67. The maximum absolute atomic E-state index is 6.28. The van der Waals surface area contributed by atoms with E-state index in [1.165, 1.54) is 32.4 Å². The molecule has 0 radical (unpaired) electrons. The number of morpholine rings is 1. The maximum Gasteiger partial charge on any atom is 0.0862 e. The molecule has 2 aliphatic rings. The average molecular weight is 254 g/mol. The summed E-state index contributed by atoms with van der Waals surface area (Å²) in [6, 6.07) is 0.544. The Kier molecular flexibility index (Phi) is 4.68. The second-order valence-corrected chi connectivity index (χ2v) is 6.76. The van der Waals surface area contributed by atoms with Gasteiger partial charge in [0.25, 0.3) is 0 Å². The molecule has 18 heavy (non-hydrogen) atoms. The average Bonchev–Trinajstić information content (AvgIpc) is 2.33. The van der Waals surface area contributed by atoms with Crippen molar-refractivity contribution in [3.05, 3.63) is 0 Å². The van der Waals surface area contributed by atoms with Crippen LogP contribution in [0.3, 0.4) is 0 Å². The fourth-order valence-corrected chi connectivity index (χ4v) is 3.80. The van der Waals surface area contributed by atoms with Crippen LogP contribution in [-0.2, 0) is 4.74 Å². The Labute approximate surface area is 112 Å². The first-order valence-electron chi connectivity index (χ1n) is 7.59. The second-order valence-electron chi connectivity index (χ2n) is 6.76. The minimum Gasteiger partial charge on any atom is -0.372 e. The number of hydrogen-bond acceptors (Lipinski definition) is 3. The summed E-state index contributed by atoms with van der Waals surface area (Å²) in [5.41, 5.74) is 0.110. The van der Waals surface area contributed by atoms with Gasteiger partial charge >= 0.3 is 0 Å². The largest absolute Gasteiger partial charge is 0.372 e. The topological polar surface area (TPSA) is 24.5 Å². The first-order chi connectivity index (χ1) is 8.53. The molecule has 2 heterocycles. The third kappa shape index (κ3) is 3.06. The van der Waals surface area contributed by atoms with Gasteiger partial charge in [-0.3, -0.25) is 0 Å². The van der Waals surface area contributed by atoms with Gasteiger partial charge in [0.2, 0.25) is 0 Å². The maximum atomic E-state index is 6.28. The number of piperidine rings is 1. The first kappa shape index (κ1) is 14.3. The minimum absolute atomic E-state index is 0.110. The molecule has 0 bridgehead atoms. The first-order valence-corrected chi connectivity index (χ1v) is 7.59. The van der Waals surface area contributed by atoms with Gasteiger partial charge < -0.3 is 15.0 Å². The summed E-state index contributed by atoms with van der Waals surface area (Å²) in [5.74, 6) is 1.47. The van der Waals surface area contributed by atoms with Gasteiger partial charge in [-0.05, 0) is 38.1 Å². The van der Waals surface area contributed by atoms with Gasteiger partial charge in [-0.1, -0.05) is 20.8 Å². The van der Waals surface area contributed by atoms with Crippen molar-refractivity contribution < 1.29 is 4.74 Å². The zero-order valence-electron chi connectivity index (χ0n) is 12.5. The van der Waals surface area contributed by atoms with Crippen LogP contribution < -0.4 is 5.32 Å². The highest BCUT2D eigenvalue weighted by molar-refractivity contribution is 5.01. The summed E-state index contributed by atoms with van der Waals surface area (Å²) >= 11 is 0. The SMILES string of the molecule is CC(C)CC(C)C1NCCOC12CCN(C)CC2. The number of ether oxygens (including phenoxy) is 1. The summed E-state index contributed by atoms with van der Waals surface area (Å²) in [5, 5.41) is 3.76. The Balaban J connectivity index is 2.05. The molecule has 3 heteroatoms. The lowest BCUT2D eigenvalue weighted by atomic mass is 9.75. The molecular formula is C15H30N2O. The minimum atomic E-state index is 0.110. The zero-order chi connectivity index (χ0) is 13.2. The highest BCUT2D eigenvalue weighted by Gasteiger charge is 2.45. The molecule has 0 saturated carbocycles. The van der Waals surface area contributed by atoms with E-state index in [1.807, 2.05) is 0 Å².